The van der Waals surface area contributed by atoms with Crippen LogP contribution < -0.4 is 0 Å². The minimum absolute atomic E-state index is 0.0371. The highest BCUT2D eigenvalue weighted by atomic mass is 32.2. The number of methoxy groups -OCH3 is 1. The lowest BCUT2D eigenvalue weighted by atomic mass is 9.95. The first-order valence-electron chi connectivity index (χ1n) is 6.37. The van der Waals surface area contributed by atoms with Gasteiger partial charge in [-0.05, 0) is 48.6 Å². The predicted molar refractivity (Wildman–Crippen MR) is 74.9 cm³/mol. The van der Waals surface area contributed by atoms with Gasteiger partial charge in [0.15, 0.2) is 0 Å². The maximum absolute atomic E-state index is 11.4. The number of thioether (sulfide) groups is 1. The van der Waals surface area contributed by atoms with Crippen LogP contribution in [0.1, 0.15) is 31.2 Å². The van der Waals surface area contributed by atoms with E-state index in [1.165, 1.54) is 17.6 Å². The van der Waals surface area contributed by atoms with Crippen LogP contribution in [0.2, 0.25) is 0 Å². The van der Waals surface area contributed by atoms with Crippen LogP contribution in [0.4, 0.5) is 0 Å². The summed E-state index contributed by atoms with van der Waals surface area (Å²) in [5.74, 6) is 1.15. The smallest absolute Gasteiger partial charge is 0.308 e. The van der Waals surface area contributed by atoms with Crippen LogP contribution in [0, 0.1) is 11.8 Å². The van der Waals surface area contributed by atoms with Crippen molar-refractivity contribution in [2.24, 2.45) is 11.8 Å². The zero-order chi connectivity index (χ0) is 13.1. The highest BCUT2D eigenvalue weighted by molar-refractivity contribution is 7.98. The van der Waals surface area contributed by atoms with Gasteiger partial charge in [0.1, 0.15) is 0 Å². The second kappa shape index (κ2) is 5.79. The van der Waals surface area contributed by atoms with Gasteiger partial charge in [-0.1, -0.05) is 19.1 Å². The fraction of sp³-hybridized carbons (Fsp3) is 0.533. The molecule has 2 rings (SSSR count). The normalized spacial score (nSPS) is 23.5. The van der Waals surface area contributed by atoms with Crippen LogP contribution in [-0.2, 0) is 9.53 Å². The van der Waals surface area contributed by atoms with Crippen LogP contribution in [0.5, 0.6) is 0 Å². The zero-order valence-corrected chi connectivity index (χ0v) is 12.0. The molecule has 0 amide bonds. The number of hydrogen-bond donors (Lipinski definition) is 0. The molecule has 1 aromatic rings. The van der Waals surface area contributed by atoms with Crippen molar-refractivity contribution in [2.75, 3.05) is 13.4 Å². The van der Waals surface area contributed by atoms with Gasteiger partial charge in [0.2, 0.25) is 0 Å². The molecular formula is C15H20O2S. The molecule has 2 nitrogen and oxygen atoms in total. The quantitative estimate of drug-likeness (QED) is 0.599. The van der Waals surface area contributed by atoms with Gasteiger partial charge in [-0.2, -0.15) is 0 Å². The van der Waals surface area contributed by atoms with E-state index in [9.17, 15) is 4.79 Å². The number of ether oxygens (including phenoxy) is 1. The third-order valence-electron chi connectivity index (χ3n) is 3.77. The molecule has 3 heteroatoms. The van der Waals surface area contributed by atoms with E-state index >= 15 is 0 Å². The van der Waals surface area contributed by atoms with Gasteiger partial charge in [0, 0.05) is 4.90 Å². The Hall–Kier alpha value is -0.960. The summed E-state index contributed by atoms with van der Waals surface area (Å²) in [7, 11) is 1.47. The summed E-state index contributed by atoms with van der Waals surface area (Å²) in [5, 5.41) is 0. The second-order valence-electron chi connectivity index (χ2n) is 5.04. The van der Waals surface area contributed by atoms with E-state index in [-0.39, 0.29) is 11.9 Å². The molecule has 1 aromatic carbocycles. The zero-order valence-electron chi connectivity index (χ0n) is 11.2. The molecule has 0 heterocycles. The molecule has 0 N–H and O–H groups in total. The molecule has 0 radical (unpaired) electrons. The fourth-order valence-electron chi connectivity index (χ4n) is 2.47. The highest BCUT2D eigenvalue weighted by Gasteiger charge is 2.44. The lowest BCUT2D eigenvalue weighted by Crippen LogP contribution is -2.05. The SMILES string of the molecule is COC(=O)C1CC1CC(C)c1ccc(SC)cc1. The van der Waals surface area contributed by atoms with Crippen LogP contribution in [0.3, 0.4) is 0 Å². The Morgan fingerprint density at radius 2 is 2.11 bits per heavy atom. The minimum Gasteiger partial charge on any atom is -0.469 e. The molecule has 1 aliphatic rings. The summed E-state index contributed by atoms with van der Waals surface area (Å²) in [6.07, 6.45) is 4.17. The molecule has 1 saturated carbocycles. The Bertz CT molecular complexity index is 413. The van der Waals surface area contributed by atoms with Crippen molar-refractivity contribution in [1.82, 2.24) is 0 Å². The summed E-state index contributed by atoms with van der Waals surface area (Å²) >= 11 is 1.76. The van der Waals surface area contributed by atoms with Crippen molar-refractivity contribution in [2.45, 2.75) is 30.6 Å². The first-order chi connectivity index (χ1) is 8.65. The van der Waals surface area contributed by atoms with E-state index in [2.05, 4.69) is 37.4 Å². The summed E-state index contributed by atoms with van der Waals surface area (Å²) in [6, 6.07) is 8.74. The number of benzene rings is 1. The van der Waals surface area contributed by atoms with E-state index in [0.717, 1.165) is 12.8 Å². The first kappa shape index (κ1) is 13.5. The number of carbonyl (C=O) groups is 1. The summed E-state index contributed by atoms with van der Waals surface area (Å²) < 4.78 is 4.78. The average molecular weight is 264 g/mol. The number of rotatable bonds is 5. The Balaban J connectivity index is 1.88. The van der Waals surface area contributed by atoms with Gasteiger partial charge in [-0.25, -0.2) is 0 Å². The molecule has 3 atom stereocenters. The Labute approximate surface area is 113 Å². The third kappa shape index (κ3) is 3.08. The summed E-state index contributed by atoms with van der Waals surface area (Å²) in [5.41, 5.74) is 1.36. The monoisotopic (exact) mass is 264 g/mol. The van der Waals surface area contributed by atoms with E-state index in [0.29, 0.717) is 11.8 Å². The lowest BCUT2D eigenvalue weighted by Gasteiger charge is -2.12. The topological polar surface area (TPSA) is 26.3 Å². The van der Waals surface area contributed by atoms with Gasteiger partial charge >= 0.3 is 5.97 Å². The van der Waals surface area contributed by atoms with E-state index < -0.39 is 0 Å². The molecule has 1 fully saturated rings. The number of hydrogen-bond acceptors (Lipinski definition) is 3. The molecule has 3 unspecified atom stereocenters. The fourth-order valence-corrected chi connectivity index (χ4v) is 2.88. The molecule has 18 heavy (non-hydrogen) atoms. The molecule has 0 saturated heterocycles. The number of carbonyl (C=O) groups excluding carboxylic acids is 1. The molecule has 98 valence electrons. The lowest BCUT2D eigenvalue weighted by molar-refractivity contribution is -0.142. The van der Waals surface area contributed by atoms with E-state index in [1.54, 1.807) is 11.8 Å². The van der Waals surface area contributed by atoms with Gasteiger partial charge in [0.25, 0.3) is 0 Å². The maximum Gasteiger partial charge on any atom is 0.308 e. The standard InChI is InChI=1S/C15H20O2S/c1-10(8-12-9-14(12)15(16)17-2)11-4-6-13(18-3)7-5-11/h4-7,10,12,14H,8-9H2,1-3H3. The Kier molecular flexibility index (Phi) is 4.33. The van der Waals surface area contributed by atoms with Crippen molar-refractivity contribution in [3.05, 3.63) is 29.8 Å². The molecule has 0 spiro atoms. The van der Waals surface area contributed by atoms with Gasteiger partial charge in [-0.3, -0.25) is 4.79 Å². The van der Waals surface area contributed by atoms with Crippen LogP contribution in [0.15, 0.2) is 29.2 Å². The van der Waals surface area contributed by atoms with Gasteiger partial charge in [0.05, 0.1) is 13.0 Å². The Morgan fingerprint density at radius 1 is 1.44 bits per heavy atom. The average Bonchev–Trinajstić information content (AvgIpc) is 3.17. The van der Waals surface area contributed by atoms with Crippen LogP contribution >= 0.6 is 11.8 Å². The molecule has 1 aliphatic carbocycles. The van der Waals surface area contributed by atoms with Gasteiger partial charge < -0.3 is 4.74 Å². The van der Waals surface area contributed by atoms with Crippen LogP contribution in [-0.4, -0.2) is 19.3 Å². The maximum atomic E-state index is 11.4. The van der Waals surface area contributed by atoms with Crippen molar-refractivity contribution in [3.8, 4) is 0 Å². The van der Waals surface area contributed by atoms with Gasteiger partial charge in [-0.15, -0.1) is 11.8 Å². The predicted octanol–water partition coefficient (Wildman–Crippen LogP) is 3.71. The Morgan fingerprint density at radius 3 is 2.67 bits per heavy atom. The van der Waals surface area contributed by atoms with Crippen molar-refractivity contribution < 1.29 is 9.53 Å². The third-order valence-corrected chi connectivity index (χ3v) is 4.51. The molecule has 0 bridgehead atoms. The first-order valence-corrected chi connectivity index (χ1v) is 7.60. The van der Waals surface area contributed by atoms with Crippen molar-refractivity contribution >= 4 is 17.7 Å². The molecular weight excluding hydrogens is 244 g/mol. The summed E-state index contributed by atoms with van der Waals surface area (Å²) in [4.78, 5) is 12.7. The molecule has 0 aliphatic heterocycles. The second-order valence-corrected chi connectivity index (χ2v) is 5.91. The van der Waals surface area contributed by atoms with Crippen molar-refractivity contribution in [3.63, 3.8) is 0 Å². The van der Waals surface area contributed by atoms with Crippen LogP contribution in [0.25, 0.3) is 0 Å². The largest absolute Gasteiger partial charge is 0.469 e. The molecule has 0 aromatic heterocycles. The van der Waals surface area contributed by atoms with E-state index in [1.807, 2.05) is 0 Å². The summed E-state index contributed by atoms with van der Waals surface area (Å²) in [6.45, 7) is 2.24. The minimum atomic E-state index is -0.0371. The number of esters is 1. The van der Waals surface area contributed by atoms with Crippen molar-refractivity contribution in [1.29, 1.82) is 0 Å². The van der Waals surface area contributed by atoms with E-state index in [4.69, 9.17) is 4.74 Å². The highest BCUT2D eigenvalue weighted by Crippen LogP contribution is 2.45.